The summed E-state index contributed by atoms with van der Waals surface area (Å²) in [5.41, 5.74) is 0. The third-order valence-corrected chi connectivity index (χ3v) is 8.81. The minimum Gasteiger partial charge on any atom is -0.756 e. The summed E-state index contributed by atoms with van der Waals surface area (Å²) in [5, 5.41) is 13.6. The van der Waals surface area contributed by atoms with Gasteiger partial charge in [0.15, 0.2) is 0 Å². The van der Waals surface area contributed by atoms with Crippen molar-refractivity contribution in [3.63, 3.8) is 0 Å². The first-order chi connectivity index (χ1) is 25.0. The first-order valence-corrected chi connectivity index (χ1v) is 21.0. The van der Waals surface area contributed by atoms with E-state index < -0.39 is 26.6 Å². The van der Waals surface area contributed by atoms with Gasteiger partial charge in [0.2, 0.25) is 5.91 Å². The molecule has 0 heterocycles. The molecule has 0 spiro atoms. The quantitative estimate of drug-likeness (QED) is 0.0300. The predicted molar refractivity (Wildman–Crippen MR) is 219 cm³/mol. The molecule has 2 N–H and O–H groups in total. The molecule has 0 radical (unpaired) electrons. The summed E-state index contributed by atoms with van der Waals surface area (Å²) in [5.74, 6) is -0.240. The van der Waals surface area contributed by atoms with Crippen molar-refractivity contribution in [2.75, 3.05) is 40.9 Å². The molecule has 3 atom stereocenters. The molecule has 296 valence electrons. The maximum absolute atomic E-state index is 12.8. The van der Waals surface area contributed by atoms with E-state index in [1.54, 1.807) is 6.08 Å². The molecule has 1 amide bonds. The SMILES string of the molecule is C/C=C/CC/C=C/CC/C=C/C(O)C(COP(=O)([O-])OCC[N+](C)(C)C)NC(=O)CCCCCCC/C=C\C/C=C\C/C=C\C/C=C\C/C=C\CC. The average molecular weight is 745 g/mol. The van der Waals surface area contributed by atoms with Gasteiger partial charge in [-0.3, -0.25) is 9.36 Å². The van der Waals surface area contributed by atoms with Crippen molar-refractivity contribution in [1.29, 1.82) is 0 Å². The number of rotatable bonds is 33. The number of allylic oxidation sites excluding steroid dienone is 15. The van der Waals surface area contributed by atoms with Crippen molar-refractivity contribution in [1.82, 2.24) is 5.32 Å². The van der Waals surface area contributed by atoms with Crippen LogP contribution < -0.4 is 10.2 Å². The number of aliphatic hydroxyl groups excluding tert-OH is 1. The summed E-state index contributed by atoms with van der Waals surface area (Å²) in [6.45, 7) is 4.20. The lowest BCUT2D eigenvalue weighted by atomic mass is 10.1. The summed E-state index contributed by atoms with van der Waals surface area (Å²) in [4.78, 5) is 25.1. The lowest BCUT2D eigenvalue weighted by molar-refractivity contribution is -0.870. The Bertz CT molecular complexity index is 1160. The van der Waals surface area contributed by atoms with Crippen LogP contribution in [0.15, 0.2) is 97.2 Å². The number of nitrogens with zero attached hydrogens (tertiary/aromatic N) is 1. The van der Waals surface area contributed by atoms with E-state index in [1.807, 2.05) is 40.2 Å². The molecule has 8 nitrogen and oxygen atoms in total. The van der Waals surface area contributed by atoms with E-state index in [0.29, 0.717) is 23.9 Å². The van der Waals surface area contributed by atoms with Crippen LogP contribution in [0.3, 0.4) is 0 Å². The second-order valence-corrected chi connectivity index (χ2v) is 15.3. The number of nitrogens with one attached hydrogen (secondary N) is 1. The zero-order valence-electron chi connectivity index (χ0n) is 33.2. The number of unbranched alkanes of at least 4 members (excludes halogenated alkanes) is 7. The molecule has 0 rings (SSSR count). The fraction of sp³-hybridized carbons (Fsp3) is 0.605. The zero-order valence-corrected chi connectivity index (χ0v) is 34.1. The maximum atomic E-state index is 12.8. The van der Waals surface area contributed by atoms with Gasteiger partial charge in [-0.05, 0) is 84.0 Å². The Morgan fingerprint density at radius 2 is 1.21 bits per heavy atom. The fourth-order valence-electron chi connectivity index (χ4n) is 4.74. The number of likely N-dealkylation sites (N-methyl/N-ethyl adjacent to an activating group) is 1. The summed E-state index contributed by atoms with van der Waals surface area (Å²) in [6.07, 6.45) is 47.6. The van der Waals surface area contributed by atoms with Crippen molar-refractivity contribution in [3.05, 3.63) is 97.2 Å². The number of quaternary nitrogens is 1. The highest BCUT2D eigenvalue weighted by molar-refractivity contribution is 7.45. The molecular formula is C43H73N2O6P. The molecular weight excluding hydrogens is 671 g/mol. The van der Waals surface area contributed by atoms with E-state index in [2.05, 4.69) is 91.2 Å². The minimum absolute atomic E-state index is 0.0195. The van der Waals surface area contributed by atoms with Crippen LogP contribution in [0.25, 0.3) is 0 Å². The van der Waals surface area contributed by atoms with Gasteiger partial charge >= 0.3 is 0 Å². The van der Waals surface area contributed by atoms with Gasteiger partial charge in [0.05, 0.1) is 39.9 Å². The number of hydrogen-bond acceptors (Lipinski definition) is 6. The second kappa shape index (κ2) is 34.2. The Morgan fingerprint density at radius 3 is 1.79 bits per heavy atom. The third kappa shape index (κ3) is 35.8. The Balaban J connectivity index is 4.47. The van der Waals surface area contributed by atoms with Crippen molar-refractivity contribution >= 4 is 13.7 Å². The lowest BCUT2D eigenvalue weighted by Crippen LogP contribution is -2.45. The van der Waals surface area contributed by atoms with Gasteiger partial charge in [0.25, 0.3) is 7.82 Å². The Morgan fingerprint density at radius 1 is 0.712 bits per heavy atom. The first kappa shape index (κ1) is 49.4. The predicted octanol–water partition coefficient (Wildman–Crippen LogP) is 9.77. The highest BCUT2D eigenvalue weighted by Gasteiger charge is 2.23. The molecule has 0 aliphatic carbocycles. The van der Waals surface area contributed by atoms with E-state index in [0.717, 1.165) is 89.9 Å². The summed E-state index contributed by atoms with van der Waals surface area (Å²) in [7, 11) is 1.19. The number of carbonyl (C=O) groups is 1. The van der Waals surface area contributed by atoms with E-state index in [-0.39, 0.29) is 12.5 Å². The van der Waals surface area contributed by atoms with Crippen LogP contribution in [0.4, 0.5) is 0 Å². The Labute approximate surface area is 318 Å². The molecule has 0 bridgehead atoms. The molecule has 0 aromatic rings. The molecule has 52 heavy (non-hydrogen) atoms. The number of hydrogen-bond donors (Lipinski definition) is 2. The number of carbonyl (C=O) groups excluding carboxylic acids is 1. The number of phosphoric ester groups is 1. The minimum atomic E-state index is -4.60. The Kier molecular flexibility index (Phi) is 32.5. The van der Waals surface area contributed by atoms with Crippen molar-refractivity contribution in [2.45, 2.75) is 129 Å². The normalized spacial score (nSPS) is 15.6. The molecule has 0 aromatic carbocycles. The molecule has 0 aliphatic heterocycles. The van der Waals surface area contributed by atoms with Crippen LogP contribution >= 0.6 is 7.82 Å². The molecule has 0 aromatic heterocycles. The maximum Gasteiger partial charge on any atom is 0.268 e. The van der Waals surface area contributed by atoms with Crippen LogP contribution in [-0.2, 0) is 18.4 Å². The van der Waals surface area contributed by atoms with Crippen molar-refractivity contribution in [3.8, 4) is 0 Å². The van der Waals surface area contributed by atoms with E-state index in [4.69, 9.17) is 9.05 Å². The van der Waals surface area contributed by atoms with Crippen molar-refractivity contribution in [2.24, 2.45) is 0 Å². The largest absolute Gasteiger partial charge is 0.756 e. The topological polar surface area (TPSA) is 108 Å². The van der Waals surface area contributed by atoms with Gasteiger partial charge in [0, 0.05) is 6.42 Å². The number of phosphoric acid groups is 1. The Hall–Kier alpha value is -2.58. The number of aliphatic hydroxyl groups is 1. The summed E-state index contributed by atoms with van der Waals surface area (Å²) >= 11 is 0. The highest BCUT2D eigenvalue weighted by atomic mass is 31.2. The third-order valence-electron chi connectivity index (χ3n) is 7.85. The molecule has 0 aliphatic rings. The fourth-order valence-corrected chi connectivity index (χ4v) is 5.47. The van der Waals surface area contributed by atoms with Gasteiger partial charge < -0.3 is 28.8 Å². The van der Waals surface area contributed by atoms with Gasteiger partial charge in [0.1, 0.15) is 13.2 Å². The standard InChI is InChI=1S/C43H73N2O6P/c1-6-8-10-12-14-16-17-18-19-20-21-22-23-24-25-26-27-29-31-33-35-37-43(47)44-41(40-51-52(48,49)50-39-38-45(3,4)5)42(46)36-34-32-30-28-15-13-11-9-7-2/h7-10,14-16,18-19,21-22,24-25,28,34,36,41-42,46H,6,11-13,17,20,23,26-27,29-33,35,37-40H2,1-5H3,(H-,44,47,48,49)/b9-7+,10-8-,16-14-,19-18-,22-21-,25-24-,28-15+,36-34+. The first-order valence-electron chi connectivity index (χ1n) is 19.6. The molecule has 0 saturated heterocycles. The molecule has 0 fully saturated rings. The van der Waals surface area contributed by atoms with Gasteiger partial charge in [-0.25, -0.2) is 0 Å². The van der Waals surface area contributed by atoms with E-state index in [9.17, 15) is 19.4 Å². The van der Waals surface area contributed by atoms with Crippen LogP contribution in [0.2, 0.25) is 0 Å². The molecule has 3 unspecified atom stereocenters. The lowest BCUT2D eigenvalue weighted by Gasteiger charge is -2.29. The highest BCUT2D eigenvalue weighted by Crippen LogP contribution is 2.38. The van der Waals surface area contributed by atoms with Crippen LogP contribution in [0.5, 0.6) is 0 Å². The molecule has 9 heteroatoms. The van der Waals surface area contributed by atoms with Gasteiger partial charge in [-0.15, -0.1) is 0 Å². The van der Waals surface area contributed by atoms with Crippen LogP contribution in [0.1, 0.15) is 117 Å². The van der Waals surface area contributed by atoms with E-state index in [1.165, 1.54) is 0 Å². The summed E-state index contributed by atoms with van der Waals surface area (Å²) < 4.78 is 23.0. The smallest absolute Gasteiger partial charge is 0.268 e. The van der Waals surface area contributed by atoms with Gasteiger partial charge in [-0.1, -0.05) is 123 Å². The van der Waals surface area contributed by atoms with Crippen molar-refractivity contribution < 1.29 is 32.9 Å². The average Bonchev–Trinajstić information content (AvgIpc) is 3.09. The monoisotopic (exact) mass is 745 g/mol. The molecule has 0 saturated carbocycles. The zero-order chi connectivity index (χ0) is 38.6. The van der Waals surface area contributed by atoms with E-state index >= 15 is 0 Å². The number of amides is 1. The van der Waals surface area contributed by atoms with Gasteiger partial charge in [-0.2, -0.15) is 0 Å². The van der Waals surface area contributed by atoms with Crippen LogP contribution in [-0.4, -0.2) is 68.5 Å². The summed E-state index contributed by atoms with van der Waals surface area (Å²) in [6, 6.07) is -0.923. The van der Waals surface area contributed by atoms with Crippen LogP contribution in [0, 0.1) is 0 Å². The second-order valence-electron chi connectivity index (χ2n) is 13.9.